The number of benzene rings is 1. The normalized spacial score (nSPS) is 13.3. The highest BCUT2D eigenvalue weighted by Crippen LogP contribution is 2.39. The van der Waals surface area contributed by atoms with E-state index in [0.717, 1.165) is 23.2 Å². The van der Waals surface area contributed by atoms with Gasteiger partial charge in [0.25, 0.3) is 0 Å². The molecule has 4 heteroatoms. The number of fused-ring (bicyclic) bond motifs is 1. The zero-order valence-corrected chi connectivity index (χ0v) is 20.1. The van der Waals surface area contributed by atoms with Crippen molar-refractivity contribution < 1.29 is 9.53 Å². The van der Waals surface area contributed by atoms with Crippen LogP contribution in [-0.4, -0.2) is 25.7 Å². The Morgan fingerprint density at radius 2 is 1.62 bits per heavy atom. The van der Waals surface area contributed by atoms with Crippen LogP contribution in [-0.2, 0) is 11.0 Å². The summed E-state index contributed by atoms with van der Waals surface area (Å²) in [6.45, 7) is 12.4. The molecule has 0 saturated carbocycles. The Labute approximate surface area is 179 Å². The number of rotatable bonds is 12. The van der Waals surface area contributed by atoms with Gasteiger partial charge in [0.1, 0.15) is 0 Å². The first kappa shape index (κ1) is 24.0. The first-order chi connectivity index (χ1) is 13.8. The Kier molecular flexibility index (Phi) is 9.80. The molecule has 29 heavy (non-hydrogen) atoms. The average molecular weight is 415 g/mol. The van der Waals surface area contributed by atoms with Crippen LogP contribution in [0, 0.1) is 5.41 Å². The van der Waals surface area contributed by atoms with Gasteiger partial charge in [0.2, 0.25) is 9.04 Å². The van der Waals surface area contributed by atoms with Crippen molar-refractivity contribution >= 4 is 19.9 Å². The topological polar surface area (TPSA) is 42.4 Å². The van der Waals surface area contributed by atoms with Crippen molar-refractivity contribution in [2.45, 2.75) is 91.3 Å². The van der Waals surface area contributed by atoms with E-state index in [4.69, 9.17) is 4.43 Å². The molecule has 0 aliphatic carbocycles. The van der Waals surface area contributed by atoms with Crippen molar-refractivity contribution in [3.05, 3.63) is 41.6 Å². The zero-order valence-electron chi connectivity index (χ0n) is 19.1. The third-order valence-corrected chi connectivity index (χ3v) is 6.44. The fourth-order valence-corrected chi connectivity index (χ4v) is 4.57. The predicted molar refractivity (Wildman–Crippen MR) is 126 cm³/mol. The minimum absolute atomic E-state index is 0.00607. The van der Waals surface area contributed by atoms with Crippen molar-refractivity contribution in [1.29, 1.82) is 0 Å². The van der Waals surface area contributed by atoms with E-state index in [9.17, 15) is 5.11 Å². The van der Waals surface area contributed by atoms with Gasteiger partial charge < -0.3 is 9.53 Å². The smallest absolute Gasteiger partial charge is 0.204 e. The molecule has 1 atom stereocenters. The van der Waals surface area contributed by atoms with E-state index in [-0.39, 0.29) is 12.0 Å². The Hall–Kier alpha value is -1.23. The molecule has 1 N–H and O–H groups in total. The molecule has 1 heterocycles. The molecule has 0 spiro atoms. The van der Waals surface area contributed by atoms with Crippen molar-refractivity contribution in [2.75, 3.05) is 6.61 Å². The molecule has 0 saturated heterocycles. The van der Waals surface area contributed by atoms with Crippen LogP contribution in [0.5, 0.6) is 0 Å². The monoisotopic (exact) mass is 414 g/mol. The Bertz CT molecular complexity index is 739. The van der Waals surface area contributed by atoms with Crippen LogP contribution < -0.4 is 0 Å². The molecular weight excluding hydrogens is 374 g/mol. The number of hydrogen-bond donors (Lipinski definition) is 1. The zero-order chi connectivity index (χ0) is 21.3. The fourth-order valence-electron chi connectivity index (χ4n) is 4.01. The van der Waals surface area contributed by atoms with Gasteiger partial charge in [-0.05, 0) is 55.0 Å². The quantitative estimate of drug-likeness (QED) is 0.305. The Morgan fingerprint density at radius 1 is 0.966 bits per heavy atom. The highest BCUT2D eigenvalue weighted by Gasteiger charge is 2.26. The van der Waals surface area contributed by atoms with Gasteiger partial charge in [-0.1, -0.05) is 71.1 Å². The van der Waals surface area contributed by atoms with Gasteiger partial charge in [-0.2, -0.15) is 0 Å². The Morgan fingerprint density at radius 3 is 2.28 bits per heavy atom. The van der Waals surface area contributed by atoms with E-state index < -0.39 is 9.04 Å². The van der Waals surface area contributed by atoms with Gasteiger partial charge >= 0.3 is 0 Å². The summed E-state index contributed by atoms with van der Waals surface area (Å²) >= 11 is 0. The molecule has 2 aromatic rings. The van der Waals surface area contributed by atoms with Crippen molar-refractivity contribution in [1.82, 2.24) is 4.98 Å². The molecule has 3 nitrogen and oxygen atoms in total. The van der Waals surface area contributed by atoms with Crippen molar-refractivity contribution in [3.63, 3.8) is 0 Å². The molecule has 1 unspecified atom stereocenters. The lowest BCUT2D eigenvalue weighted by molar-refractivity contribution is 0.277. The SMILES string of the molecule is C[Si](C)OCCCCCCCCC(c1ccc2ccc(CO)nc2c1)C(C)(C)C. The van der Waals surface area contributed by atoms with Gasteiger partial charge in [-0.15, -0.1) is 0 Å². The molecule has 0 bridgehead atoms. The van der Waals surface area contributed by atoms with Gasteiger partial charge in [0.05, 0.1) is 17.8 Å². The van der Waals surface area contributed by atoms with Crippen LogP contribution in [0.4, 0.5) is 0 Å². The summed E-state index contributed by atoms with van der Waals surface area (Å²) in [6, 6.07) is 10.6. The van der Waals surface area contributed by atoms with Gasteiger partial charge in [0, 0.05) is 12.0 Å². The maximum Gasteiger partial charge on any atom is 0.204 e. The third-order valence-electron chi connectivity index (χ3n) is 5.66. The number of aliphatic hydroxyl groups is 1. The average Bonchev–Trinajstić information content (AvgIpc) is 2.67. The third kappa shape index (κ3) is 8.19. The Balaban J connectivity index is 1.87. The molecule has 0 amide bonds. The van der Waals surface area contributed by atoms with E-state index in [1.54, 1.807) is 0 Å². The summed E-state index contributed by atoms with van der Waals surface area (Å²) in [5.41, 5.74) is 3.33. The fraction of sp³-hybridized carbons (Fsp3) is 0.640. The molecule has 161 valence electrons. The van der Waals surface area contributed by atoms with Crippen LogP contribution in [0.2, 0.25) is 13.1 Å². The number of hydrogen-bond acceptors (Lipinski definition) is 3. The minimum atomic E-state index is -0.519. The maximum absolute atomic E-state index is 9.40. The van der Waals surface area contributed by atoms with Crippen molar-refractivity contribution in [3.8, 4) is 0 Å². The number of nitrogens with zero attached hydrogens (tertiary/aromatic N) is 1. The van der Waals surface area contributed by atoms with Gasteiger partial charge in [-0.3, -0.25) is 4.98 Å². The molecule has 1 aromatic carbocycles. The van der Waals surface area contributed by atoms with Crippen LogP contribution in [0.1, 0.15) is 82.9 Å². The molecule has 1 radical (unpaired) electrons. The summed E-state index contributed by atoms with van der Waals surface area (Å²) in [5, 5.41) is 10.5. The van der Waals surface area contributed by atoms with Gasteiger partial charge in [-0.25, -0.2) is 0 Å². The lowest BCUT2D eigenvalue weighted by Crippen LogP contribution is -2.18. The first-order valence-corrected chi connectivity index (χ1v) is 13.7. The molecule has 0 aliphatic rings. The standard InChI is InChI=1S/C25H40NO2Si/c1-25(2,3)23(12-10-8-6-7-9-11-17-28-29(4)5)21-14-13-20-15-16-22(19-27)26-24(20)18-21/h13-16,18,23,27H,6-12,17,19H2,1-5H3. The lowest BCUT2D eigenvalue weighted by atomic mass is 9.73. The van der Waals surface area contributed by atoms with Crippen LogP contribution in [0.3, 0.4) is 0 Å². The van der Waals surface area contributed by atoms with Crippen LogP contribution in [0.15, 0.2) is 30.3 Å². The maximum atomic E-state index is 9.40. The van der Waals surface area contributed by atoms with E-state index in [1.165, 1.54) is 50.5 Å². The molecule has 1 aromatic heterocycles. The van der Waals surface area contributed by atoms with E-state index in [0.29, 0.717) is 5.92 Å². The van der Waals surface area contributed by atoms with Crippen LogP contribution >= 0.6 is 0 Å². The van der Waals surface area contributed by atoms with Gasteiger partial charge in [0.15, 0.2) is 0 Å². The second kappa shape index (κ2) is 11.8. The summed E-state index contributed by atoms with van der Waals surface area (Å²) in [7, 11) is -0.519. The summed E-state index contributed by atoms with van der Waals surface area (Å²) in [4.78, 5) is 4.62. The summed E-state index contributed by atoms with van der Waals surface area (Å²) < 4.78 is 5.72. The highest BCUT2D eigenvalue weighted by atomic mass is 28.3. The summed E-state index contributed by atoms with van der Waals surface area (Å²) in [5.74, 6) is 0.523. The van der Waals surface area contributed by atoms with Crippen molar-refractivity contribution in [2.24, 2.45) is 5.41 Å². The second-order valence-corrected chi connectivity index (χ2v) is 11.6. The van der Waals surface area contributed by atoms with E-state index in [2.05, 4.69) is 63.1 Å². The largest absolute Gasteiger partial charge is 0.417 e. The highest BCUT2D eigenvalue weighted by molar-refractivity contribution is 6.48. The minimum Gasteiger partial charge on any atom is -0.417 e. The molecule has 0 fully saturated rings. The van der Waals surface area contributed by atoms with E-state index >= 15 is 0 Å². The predicted octanol–water partition coefficient (Wildman–Crippen LogP) is 6.86. The first-order valence-electron chi connectivity index (χ1n) is 11.2. The molecule has 0 aliphatic heterocycles. The number of aromatic nitrogens is 1. The number of unbranched alkanes of at least 4 members (excludes halogenated alkanes) is 5. The second-order valence-electron chi connectivity index (χ2n) is 9.50. The number of aliphatic hydroxyl groups excluding tert-OH is 1. The molecule has 2 rings (SSSR count). The summed E-state index contributed by atoms with van der Waals surface area (Å²) in [6.07, 6.45) is 8.95. The lowest BCUT2D eigenvalue weighted by Gasteiger charge is -2.31. The number of pyridine rings is 1. The van der Waals surface area contributed by atoms with E-state index in [1.807, 2.05) is 6.07 Å². The molecular formula is C25H40NO2Si. The van der Waals surface area contributed by atoms with Crippen LogP contribution in [0.25, 0.3) is 10.9 Å².